The number of fused-ring (bicyclic) bond motifs is 1. The lowest BCUT2D eigenvalue weighted by atomic mass is 10.2. The fourth-order valence-electron chi connectivity index (χ4n) is 1.95. The Bertz CT molecular complexity index is 741. The number of nitrogens with zero attached hydrogens (tertiary/aromatic N) is 1. The summed E-state index contributed by atoms with van der Waals surface area (Å²) in [5, 5.41) is 0. The van der Waals surface area contributed by atoms with Crippen LogP contribution >= 0.6 is 0 Å². The second-order valence-corrected chi connectivity index (χ2v) is 6.30. The number of hydrogen-bond acceptors (Lipinski definition) is 7. The largest absolute Gasteiger partial charge is 0.466 e. The van der Waals surface area contributed by atoms with Crippen LogP contribution in [0.25, 0.3) is 0 Å². The molecule has 0 aromatic heterocycles. The number of esters is 2. The fraction of sp³-hybridized carbons (Fsp3) is 0.308. The molecule has 0 aliphatic carbocycles. The predicted octanol–water partition coefficient (Wildman–Crippen LogP) is -0.0642. The Morgan fingerprint density at radius 3 is 2.50 bits per heavy atom. The topological polar surface area (TPSA) is 107 Å². The van der Waals surface area contributed by atoms with Gasteiger partial charge >= 0.3 is 11.9 Å². The maximum absolute atomic E-state index is 12.2. The van der Waals surface area contributed by atoms with Crippen molar-refractivity contribution >= 4 is 27.9 Å². The highest BCUT2D eigenvalue weighted by Crippen LogP contribution is 2.29. The third-order valence-corrected chi connectivity index (χ3v) is 4.81. The first-order chi connectivity index (χ1) is 10.3. The van der Waals surface area contributed by atoms with E-state index in [0.717, 1.165) is 7.11 Å². The van der Waals surface area contributed by atoms with E-state index in [1.54, 1.807) is 0 Å². The number of carbonyl (C=O) groups excluding carboxylic acids is 3. The summed E-state index contributed by atoms with van der Waals surface area (Å²) in [5.74, 6) is -2.62. The van der Waals surface area contributed by atoms with Crippen LogP contribution in [0.1, 0.15) is 17.3 Å². The maximum atomic E-state index is 12.2. The number of sulfonamides is 1. The zero-order valence-corrected chi connectivity index (χ0v) is 12.6. The predicted molar refractivity (Wildman–Crippen MR) is 72.2 cm³/mol. The van der Waals surface area contributed by atoms with Crippen molar-refractivity contribution in [3.05, 3.63) is 29.8 Å². The monoisotopic (exact) mass is 327 g/mol. The van der Waals surface area contributed by atoms with Gasteiger partial charge in [-0.05, 0) is 19.1 Å². The highest BCUT2D eigenvalue weighted by molar-refractivity contribution is 7.90. The highest BCUT2D eigenvalue weighted by Gasteiger charge is 2.42. The van der Waals surface area contributed by atoms with Crippen LogP contribution in [-0.4, -0.2) is 50.3 Å². The van der Waals surface area contributed by atoms with Crippen molar-refractivity contribution in [3.8, 4) is 0 Å². The summed E-state index contributed by atoms with van der Waals surface area (Å²) in [5.41, 5.74) is -0.00341. The van der Waals surface area contributed by atoms with Gasteiger partial charge in [0.1, 0.15) is 11.4 Å². The minimum Gasteiger partial charge on any atom is -0.466 e. The molecule has 1 unspecified atom stereocenters. The Labute approximate surface area is 126 Å². The van der Waals surface area contributed by atoms with Crippen molar-refractivity contribution in [1.82, 2.24) is 4.31 Å². The molecule has 22 heavy (non-hydrogen) atoms. The average molecular weight is 327 g/mol. The fourth-order valence-corrected chi connectivity index (χ4v) is 3.47. The molecule has 0 saturated heterocycles. The van der Waals surface area contributed by atoms with Crippen LogP contribution in [0.3, 0.4) is 0 Å². The van der Waals surface area contributed by atoms with Gasteiger partial charge in [0.05, 0.1) is 12.7 Å². The van der Waals surface area contributed by atoms with Gasteiger partial charge < -0.3 is 9.47 Å². The van der Waals surface area contributed by atoms with E-state index < -0.39 is 40.5 Å². The van der Waals surface area contributed by atoms with Gasteiger partial charge in [0.25, 0.3) is 15.9 Å². The molecular formula is C13H13NO7S. The van der Waals surface area contributed by atoms with E-state index in [0.29, 0.717) is 4.31 Å². The summed E-state index contributed by atoms with van der Waals surface area (Å²) >= 11 is 0. The van der Waals surface area contributed by atoms with Gasteiger partial charge in [0.15, 0.2) is 6.10 Å². The molecule has 0 saturated carbocycles. The molecule has 1 amide bonds. The highest BCUT2D eigenvalue weighted by atomic mass is 32.2. The van der Waals surface area contributed by atoms with Crippen molar-refractivity contribution in [2.45, 2.75) is 17.9 Å². The number of carbonyl (C=O) groups is 3. The van der Waals surface area contributed by atoms with Gasteiger partial charge in [-0.25, -0.2) is 17.5 Å². The summed E-state index contributed by atoms with van der Waals surface area (Å²) in [6.45, 7) is 0.468. The number of ether oxygens (including phenoxy) is 2. The summed E-state index contributed by atoms with van der Waals surface area (Å²) in [6.07, 6.45) is -1.19. The first kappa shape index (κ1) is 16.0. The molecule has 1 atom stereocenters. The van der Waals surface area contributed by atoms with E-state index in [1.165, 1.54) is 31.2 Å². The molecule has 0 spiro atoms. The second-order valence-electron chi connectivity index (χ2n) is 4.47. The standard InChI is InChI=1S/C13H13NO7S/c1-8(13(17)20-2)21-11(15)7-14-12(16)9-5-3-4-6-10(9)22(14,18)19/h3-6,8H,7H2,1-2H3. The first-order valence-electron chi connectivity index (χ1n) is 6.22. The first-order valence-corrected chi connectivity index (χ1v) is 7.66. The lowest BCUT2D eigenvalue weighted by molar-refractivity contribution is -0.164. The average Bonchev–Trinajstić information content (AvgIpc) is 2.68. The number of rotatable bonds is 4. The number of hydrogen-bond donors (Lipinski definition) is 0. The summed E-state index contributed by atoms with van der Waals surface area (Å²) in [6, 6.07) is 5.64. The molecule has 1 heterocycles. The van der Waals surface area contributed by atoms with Crippen molar-refractivity contribution in [3.63, 3.8) is 0 Å². The number of amides is 1. The molecule has 1 aliphatic heterocycles. The van der Waals surface area contributed by atoms with E-state index in [9.17, 15) is 22.8 Å². The molecule has 1 aliphatic rings. The van der Waals surface area contributed by atoms with Gasteiger partial charge in [-0.3, -0.25) is 9.59 Å². The van der Waals surface area contributed by atoms with Gasteiger partial charge in [-0.15, -0.1) is 0 Å². The van der Waals surface area contributed by atoms with Crippen LogP contribution in [0, 0.1) is 0 Å². The van der Waals surface area contributed by atoms with Crippen LogP contribution in [0.4, 0.5) is 0 Å². The van der Waals surface area contributed by atoms with Gasteiger partial charge in [-0.1, -0.05) is 12.1 Å². The third kappa shape index (κ3) is 2.67. The van der Waals surface area contributed by atoms with Crippen LogP contribution in [0.5, 0.6) is 0 Å². The summed E-state index contributed by atoms with van der Waals surface area (Å²) in [4.78, 5) is 34.8. The Kier molecular flexibility index (Phi) is 4.18. The third-order valence-electron chi connectivity index (χ3n) is 3.03. The lowest BCUT2D eigenvalue weighted by Gasteiger charge is -2.16. The zero-order valence-electron chi connectivity index (χ0n) is 11.8. The van der Waals surface area contributed by atoms with Crippen molar-refractivity contribution < 1.29 is 32.3 Å². The molecule has 0 N–H and O–H groups in total. The molecule has 1 aromatic carbocycles. The van der Waals surface area contributed by atoms with E-state index in [1.807, 2.05) is 0 Å². The van der Waals surface area contributed by atoms with Gasteiger partial charge in [0, 0.05) is 0 Å². The van der Waals surface area contributed by atoms with Gasteiger partial charge in [0.2, 0.25) is 0 Å². The quantitative estimate of drug-likeness (QED) is 0.713. The Hall–Kier alpha value is -2.42. The molecule has 118 valence electrons. The smallest absolute Gasteiger partial charge is 0.346 e. The van der Waals surface area contributed by atoms with Crippen molar-refractivity contribution in [1.29, 1.82) is 0 Å². The van der Waals surface area contributed by atoms with E-state index >= 15 is 0 Å². The van der Waals surface area contributed by atoms with Crippen molar-refractivity contribution in [2.75, 3.05) is 13.7 Å². The Balaban J connectivity index is 2.17. The van der Waals surface area contributed by atoms with Gasteiger partial charge in [-0.2, -0.15) is 0 Å². The number of benzene rings is 1. The molecule has 0 radical (unpaired) electrons. The van der Waals surface area contributed by atoms with Crippen LogP contribution in [-0.2, 0) is 29.1 Å². The SMILES string of the molecule is COC(=O)C(C)OC(=O)CN1C(=O)c2ccccc2S1(=O)=O. The molecule has 1 aromatic rings. The van der Waals surface area contributed by atoms with Crippen LogP contribution in [0.2, 0.25) is 0 Å². The minimum atomic E-state index is -4.09. The molecule has 8 nitrogen and oxygen atoms in total. The van der Waals surface area contributed by atoms with E-state index in [-0.39, 0.29) is 10.5 Å². The molecule has 0 fully saturated rings. The summed E-state index contributed by atoms with van der Waals surface area (Å²) in [7, 11) is -2.96. The van der Waals surface area contributed by atoms with E-state index in [4.69, 9.17) is 4.74 Å². The minimum absolute atomic E-state index is 0.00341. The van der Waals surface area contributed by atoms with Crippen LogP contribution in [0.15, 0.2) is 29.2 Å². The summed E-state index contributed by atoms with van der Waals surface area (Å²) < 4.78 is 34.0. The molecule has 0 bridgehead atoms. The number of methoxy groups -OCH3 is 1. The van der Waals surface area contributed by atoms with Crippen molar-refractivity contribution in [2.24, 2.45) is 0 Å². The molecular weight excluding hydrogens is 314 g/mol. The van der Waals surface area contributed by atoms with E-state index in [2.05, 4.69) is 4.74 Å². The molecule has 2 rings (SSSR count). The lowest BCUT2D eigenvalue weighted by Crippen LogP contribution is -2.38. The maximum Gasteiger partial charge on any atom is 0.346 e. The normalized spacial score (nSPS) is 16.8. The molecule has 9 heteroatoms. The second kappa shape index (κ2) is 5.76. The Morgan fingerprint density at radius 2 is 1.91 bits per heavy atom. The zero-order chi connectivity index (χ0) is 16.5. The Morgan fingerprint density at radius 1 is 1.27 bits per heavy atom. The van der Waals surface area contributed by atoms with Crippen LogP contribution < -0.4 is 0 Å².